The van der Waals surface area contributed by atoms with Crippen LogP contribution in [0.25, 0.3) is 0 Å². The lowest BCUT2D eigenvalue weighted by Gasteiger charge is -2.04. The lowest BCUT2D eigenvalue weighted by atomic mass is 10.2. The zero-order valence-corrected chi connectivity index (χ0v) is 14.1. The highest BCUT2D eigenvalue weighted by atomic mass is 127. The Morgan fingerprint density at radius 1 is 1.13 bits per heavy atom. The monoisotopic (exact) mass is 539 g/mol. The summed E-state index contributed by atoms with van der Waals surface area (Å²) < 4.78 is 1.72. The van der Waals surface area contributed by atoms with Crippen LogP contribution in [0.5, 0.6) is 0 Å². The van der Waals surface area contributed by atoms with E-state index in [-0.39, 0.29) is 5.91 Å². The number of amides is 1. The van der Waals surface area contributed by atoms with Crippen LogP contribution in [-0.4, -0.2) is 5.91 Å². The van der Waals surface area contributed by atoms with Crippen LogP contribution in [0.2, 0.25) is 0 Å². The number of hydrogen-bond donors (Lipinski definition) is 1. The smallest absolute Gasteiger partial charge is 0.259 e. The molecule has 0 spiro atoms. The maximum Gasteiger partial charge on any atom is 0.259 e. The molecule has 1 N–H and O–H groups in total. The molecule has 0 aromatic heterocycles. The Kier molecular flexibility index (Phi) is 6.43. The summed E-state index contributed by atoms with van der Waals surface area (Å²) in [5, 5.41) is 2.87. The summed E-state index contributed by atoms with van der Waals surface area (Å²) in [6.07, 6.45) is 0. The van der Waals surface area contributed by atoms with Gasteiger partial charge < -0.3 is 5.32 Å². The van der Waals surface area contributed by atoms with Crippen LogP contribution in [0, 0.1) is 0 Å². The van der Waals surface area contributed by atoms with E-state index in [1.54, 1.807) is 0 Å². The molecule has 0 bridgehead atoms. The fourth-order valence-electron chi connectivity index (χ4n) is 0.942. The summed E-state index contributed by atoms with van der Waals surface area (Å²) in [6, 6.07) is 9.87. The molecule has 0 saturated heterocycles. The minimum atomic E-state index is -0.0155. The fourth-order valence-corrected chi connectivity index (χ4v) is 1.62. The lowest BCUT2D eigenvalue weighted by Crippen LogP contribution is -2.22. The molecule has 0 aliphatic heterocycles. The summed E-state index contributed by atoms with van der Waals surface area (Å²) in [4.78, 5) is 11.6. The van der Waals surface area contributed by atoms with E-state index in [0.29, 0.717) is 6.54 Å². The summed E-state index contributed by atoms with van der Waals surface area (Å²) in [7, 11) is 0. The molecule has 1 rings (SSSR count). The zero-order valence-electron chi connectivity index (χ0n) is 7.64. The molecule has 2 nitrogen and oxygen atoms in total. The van der Waals surface area contributed by atoms with Crippen LogP contribution in [-0.2, 0) is 11.3 Å². The molecule has 80 valence electrons. The maximum atomic E-state index is 11.6. The molecule has 0 atom stereocenters. The van der Waals surface area contributed by atoms with Gasteiger partial charge in [0, 0.05) is 6.54 Å². The van der Waals surface area contributed by atoms with Gasteiger partial charge >= 0.3 is 0 Å². The third-order valence-corrected chi connectivity index (χ3v) is 5.83. The van der Waals surface area contributed by atoms with Crippen molar-refractivity contribution in [1.29, 1.82) is 0 Å². The normalized spacial score (nSPS) is 9.53. The maximum absolute atomic E-state index is 11.6. The highest BCUT2D eigenvalue weighted by molar-refractivity contribution is 14.2. The van der Waals surface area contributed by atoms with Crippen molar-refractivity contribution >= 4 is 73.7 Å². The zero-order chi connectivity index (χ0) is 11.3. The van der Waals surface area contributed by atoms with E-state index in [0.717, 1.165) is 10.7 Å². The van der Waals surface area contributed by atoms with Crippen molar-refractivity contribution in [3.8, 4) is 0 Å². The van der Waals surface area contributed by atoms with Crippen molar-refractivity contribution in [3.05, 3.63) is 41.1 Å². The molecule has 0 radical (unpaired) electrons. The van der Waals surface area contributed by atoms with Crippen LogP contribution in [0.4, 0.5) is 0 Å². The first-order valence-electron chi connectivity index (χ1n) is 4.14. The van der Waals surface area contributed by atoms with Crippen molar-refractivity contribution in [3.63, 3.8) is 0 Å². The van der Waals surface area contributed by atoms with Gasteiger partial charge in [-0.25, -0.2) is 0 Å². The van der Waals surface area contributed by atoms with Gasteiger partial charge in [0.05, 0.1) is 5.17 Å². The topological polar surface area (TPSA) is 29.1 Å². The SMILES string of the molecule is O=C(NCc1ccccc1)C(I)=C(I)I. The number of rotatable bonds is 3. The average Bonchev–Trinajstić information content (AvgIpc) is 2.26. The van der Waals surface area contributed by atoms with Gasteiger partial charge in [0.1, 0.15) is 0 Å². The Morgan fingerprint density at radius 2 is 1.73 bits per heavy atom. The van der Waals surface area contributed by atoms with Crippen LogP contribution < -0.4 is 5.32 Å². The number of hydrogen-bond acceptors (Lipinski definition) is 1. The Morgan fingerprint density at radius 3 is 2.27 bits per heavy atom. The van der Waals surface area contributed by atoms with Crippen LogP contribution >= 0.6 is 67.8 Å². The summed E-state index contributed by atoms with van der Waals surface area (Å²) in [5.41, 5.74) is 1.11. The number of carbonyl (C=O) groups excluding carboxylic acids is 1. The molecule has 0 aliphatic carbocycles. The third kappa shape index (κ3) is 4.98. The van der Waals surface area contributed by atoms with Gasteiger partial charge in [-0.2, -0.15) is 0 Å². The van der Waals surface area contributed by atoms with Crippen molar-refractivity contribution in [2.45, 2.75) is 6.54 Å². The first kappa shape index (κ1) is 13.7. The number of nitrogens with one attached hydrogen (secondary N) is 1. The number of halogens is 3. The summed E-state index contributed by atoms with van der Waals surface area (Å²) in [6.45, 7) is 0.576. The molecule has 1 aromatic rings. The Labute approximate surface area is 130 Å². The second kappa shape index (κ2) is 7.05. The second-order valence-electron chi connectivity index (χ2n) is 2.74. The van der Waals surface area contributed by atoms with E-state index >= 15 is 0 Å². The molecular formula is C10H8I3NO. The Bertz CT molecular complexity index is 372. The van der Waals surface area contributed by atoms with Gasteiger partial charge in [0.2, 0.25) is 0 Å². The fraction of sp³-hybridized carbons (Fsp3) is 0.100. The van der Waals surface area contributed by atoms with E-state index < -0.39 is 0 Å². The molecule has 1 aromatic carbocycles. The molecular weight excluding hydrogens is 531 g/mol. The standard InChI is InChI=1S/C10H8I3NO/c11-8(9(12)13)10(15)14-6-7-4-2-1-3-5-7/h1-5H,6H2,(H,14,15). The van der Waals surface area contributed by atoms with Gasteiger partial charge in [-0.05, 0) is 73.3 Å². The van der Waals surface area contributed by atoms with Crippen molar-refractivity contribution < 1.29 is 4.79 Å². The van der Waals surface area contributed by atoms with E-state index in [1.807, 2.05) is 30.3 Å². The molecule has 15 heavy (non-hydrogen) atoms. The van der Waals surface area contributed by atoms with Crippen LogP contribution in [0.15, 0.2) is 35.5 Å². The summed E-state index contributed by atoms with van der Waals surface area (Å²) >= 11 is 6.32. The quantitative estimate of drug-likeness (QED) is 0.461. The molecule has 0 fully saturated rings. The summed E-state index contributed by atoms with van der Waals surface area (Å²) in [5.74, 6) is -0.0155. The largest absolute Gasteiger partial charge is 0.348 e. The predicted octanol–water partition coefficient (Wildman–Crippen LogP) is 3.78. The van der Waals surface area contributed by atoms with Gasteiger partial charge in [0.25, 0.3) is 5.91 Å². The van der Waals surface area contributed by atoms with E-state index in [9.17, 15) is 4.79 Å². The van der Waals surface area contributed by atoms with Crippen LogP contribution in [0.3, 0.4) is 0 Å². The van der Waals surface area contributed by atoms with Crippen molar-refractivity contribution in [1.82, 2.24) is 5.32 Å². The van der Waals surface area contributed by atoms with Crippen molar-refractivity contribution in [2.24, 2.45) is 0 Å². The highest BCUT2D eigenvalue weighted by Gasteiger charge is 2.08. The number of carbonyl (C=O) groups is 1. The Balaban J connectivity index is 2.52. The lowest BCUT2D eigenvalue weighted by molar-refractivity contribution is -0.116. The van der Waals surface area contributed by atoms with E-state index in [1.165, 1.54) is 0 Å². The van der Waals surface area contributed by atoms with Crippen LogP contribution in [0.1, 0.15) is 5.56 Å². The molecule has 0 saturated carbocycles. The highest BCUT2D eigenvalue weighted by Crippen LogP contribution is 2.25. The molecule has 1 amide bonds. The predicted molar refractivity (Wildman–Crippen MR) is 87.4 cm³/mol. The minimum absolute atomic E-state index is 0.0155. The van der Waals surface area contributed by atoms with E-state index in [2.05, 4.69) is 73.1 Å². The minimum Gasteiger partial charge on any atom is -0.348 e. The molecule has 0 unspecified atom stereocenters. The van der Waals surface area contributed by atoms with Crippen molar-refractivity contribution in [2.75, 3.05) is 0 Å². The first-order chi connectivity index (χ1) is 7.11. The molecule has 0 heterocycles. The second-order valence-corrected chi connectivity index (χ2v) is 8.04. The van der Waals surface area contributed by atoms with Gasteiger partial charge in [-0.1, -0.05) is 30.3 Å². The Hall–Kier alpha value is 0.620. The van der Waals surface area contributed by atoms with Gasteiger partial charge in [-0.15, -0.1) is 0 Å². The van der Waals surface area contributed by atoms with E-state index in [4.69, 9.17) is 0 Å². The van der Waals surface area contributed by atoms with Gasteiger partial charge in [0.15, 0.2) is 0 Å². The molecule has 5 heteroatoms. The third-order valence-electron chi connectivity index (χ3n) is 1.66. The number of benzene rings is 1. The molecule has 0 aliphatic rings. The van der Waals surface area contributed by atoms with Gasteiger partial charge in [-0.3, -0.25) is 4.79 Å². The average molecular weight is 539 g/mol. The first-order valence-corrected chi connectivity index (χ1v) is 7.38.